The summed E-state index contributed by atoms with van der Waals surface area (Å²) < 4.78 is 42.5. The Kier molecular flexibility index (Phi) is 3.70. The fourth-order valence-corrected chi connectivity index (χ4v) is 3.50. The number of halogens is 3. The molecule has 3 heterocycles. The van der Waals surface area contributed by atoms with E-state index in [-0.39, 0.29) is 11.2 Å². The lowest BCUT2D eigenvalue weighted by atomic mass is 10.0. The molecule has 0 aliphatic carbocycles. The summed E-state index contributed by atoms with van der Waals surface area (Å²) in [5.41, 5.74) is 3.66. The van der Waals surface area contributed by atoms with E-state index in [1.54, 1.807) is 37.4 Å². The second-order valence-corrected chi connectivity index (χ2v) is 6.76. The predicted molar refractivity (Wildman–Crippen MR) is 104 cm³/mol. The molecule has 0 bridgehead atoms. The maximum absolute atomic E-state index is 13.8. The molecule has 0 amide bonds. The molecule has 144 valence electrons. The third-order valence-corrected chi connectivity index (χ3v) is 4.77. The summed E-state index contributed by atoms with van der Waals surface area (Å²) in [7, 11) is 0. The number of pyridine rings is 1. The van der Waals surface area contributed by atoms with Crippen LogP contribution in [-0.2, 0) is 6.18 Å². The highest BCUT2D eigenvalue weighted by atomic mass is 19.4. The lowest BCUT2D eigenvalue weighted by Crippen LogP contribution is -2.14. The molecule has 0 radical (unpaired) electrons. The predicted octanol–water partition coefficient (Wildman–Crippen LogP) is 5.29. The summed E-state index contributed by atoms with van der Waals surface area (Å²) in [6.07, 6.45) is -3.04. The molecule has 0 atom stereocenters. The zero-order valence-corrected chi connectivity index (χ0v) is 15.2. The molecular weight excluding hydrogens is 379 g/mol. The van der Waals surface area contributed by atoms with E-state index in [9.17, 15) is 13.2 Å². The van der Waals surface area contributed by atoms with Gasteiger partial charge in [0.25, 0.3) is 0 Å². The molecule has 2 aromatic carbocycles. The van der Waals surface area contributed by atoms with Gasteiger partial charge in [0.05, 0.1) is 17.4 Å². The summed E-state index contributed by atoms with van der Waals surface area (Å²) in [5.74, 6) is -1.01. The Hall–Kier alpha value is -3.68. The van der Waals surface area contributed by atoms with E-state index in [1.165, 1.54) is 0 Å². The average molecular weight is 393 g/mol. The van der Waals surface area contributed by atoms with Gasteiger partial charge in [0.1, 0.15) is 5.52 Å². The molecule has 0 saturated carbocycles. The van der Waals surface area contributed by atoms with Crippen LogP contribution >= 0.6 is 0 Å². The first-order valence-corrected chi connectivity index (χ1v) is 8.88. The van der Waals surface area contributed by atoms with Crippen molar-refractivity contribution < 1.29 is 13.2 Å². The number of aromatic nitrogens is 5. The van der Waals surface area contributed by atoms with Crippen molar-refractivity contribution in [3.63, 3.8) is 0 Å². The van der Waals surface area contributed by atoms with Gasteiger partial charge in [0.15, 0.2) is 5.65 Å². The van der Waals surface area contributed by atoms with Crippen molar-refractivity contribution in [3.05, 3.63) is 72.3 Å². The quantitative estimate of drug-likeness (QED) is 0.443. The number of nitrogens with one attached hydrogen (secondary N) is 1. The molecule has 0 saturated heterocycles. The summed E-state index contributed by atoms with van der Waals surface area (Å²) in [6, 6.07) is 16.0. The monoisotopic (exact) mass is 393 g/mol. The number of aryl methyl sites for hydroxylation is 1. The van der Waals surface area contributed by atoms with E-state index >= 15 is 0 Å². The molecule has 0 aliphatic heterocycles. The molecular formula is C21H14F3N5. The van der Waals surface area contributed by atoms with Crippen LogP contribution in [0.4, 0.5) is 13.2 Å². The Labute approximate surface area is 162 Å². The van der Waals surface area contributed by atoms with Crippen LogP contribution in [0.5, 0.6) is 0 Å². The third kappa shape index (κ3) is 2.84. The van der Waals surface area contributed by atoms with E-state index in [2.05, 4.69) is 20.2 Å². The van der Waals surface area contributed by atoms with Crippen LogP contribution in [0.15, 0.2) is 60.8 Å². The number of imidazole rings is 1. The number of nitrogens with zero attached hydrogens (tertiary/aromatic N) is 4. The lowest BCUT2D eigenvalue weighted by Gasteiger charge is -2.13. The second-order valence-electron chi connectivity index (χ2n) is 6.76. The topological polar surface area (TPSA) is 59.4 Å². The van der Waals surface area contributed by atoms with E-state index in [1.807, 2.05) is 30.3 Å². The van der Waals surface area contributed by atoms with E-state index in [0.717, 1.165) is 21.2 Å². The Bertz CT molecular complexity index is 1350. The SMILES string of the molecule is Cc1ccc2nc(C(F)(F)F)n(-c3cc(-c4ccccc4)c4[nH]ncc4c3)c2n1. The minimum absolute atomic E-state index is 0.166. The summed E-state index contributed by atoms with van der Waals surface area (Å²) in [5, 5.41) is 7.71. The first-order chi connectivity index (χ1) is 13.9. The van der Waals surface area contributed by atoms with Gasteiger partial charge < -0.3 is 0 Å². The summed E-state index contributed by atoms with van der Waals surface area (Å²) in [6.45, 7) is 1.73. The Balaban J connectivity index is 1.87. The summed E-state index contributed by atoms with van der Waals surface area (Å²) >= 11 is 0. The molecule has 3 aromatic heterocycles. The number of hydrogen-bond donors (Lipinski definition) is 1. The fraction of sp³-hybridized carbons (Fsp3) is 0.0952. The van der Waals surface area contributed by atoms with Gasteiger partial charge in [-0.15, -0.1) is 0 Å². The van der Waals surface area contributed by atoms with Crippen LogP contribution < -0.4 is 0 Å². The molecule has 8 heteroatoms. The van der Waals surface area contributed by atoms with E-state index in [4.69, 9.17) is 0 Å². The van der Waals surface area contributed by atoms with Crippen molar-refractivity contribution >= 4 is 22.1 Å². The smallest absolute Gasteiger partial charge is 0.277 e. The van der Waals surface area contributed by atoms with Crippen LogP contribution in [-0.4, -0.2) is 24.7 Å². The molecule has 0 unspecified atom stereocenters. The number of aromatic amines is 1. The fourth-order valence-electron chi connectivity index (χ4n) is 3.50. The van der Waals surface area contributed by atoms with Gasteiger partial charge in [-0.2, -0.15) is 18.3 Å². The molecule has 0 fully saturated rings. The minimum atomic E-state index is -4.63. The minimum Gasteiger partial charge on any atom is -0.277 e. The molecule has 0 spiro atoms. The third-order valence-electron chi connectivity index (χ3n) is 4.77. The average Bonchev–Trinajstić information content (AvgIpc) is 3.31. The molecule has 0 aliphatic rings. The largest absolute Gasteiger partial charge is 0.450 e. The van der Waals surface area contributed by atoms with Crippen molar-refractivity contribution in [1.82, 2.24) is 24.7 Å². The molecule has 5 aromatic rings. The van der Waals surface area contributed by atoms with E-state index in [0.29, 0.717) is 16.8 Å². The van der Waals surface area contributed by atoms with Crippen LogP contribution in [0.25, 0.3) is 38.9 Å². The highest BCUT2D eigenvalue weighted by Gasteiger charge is 2.38. The van der Waals surface area contributed by atoms with Crippen LogP contribution in [0.3, 0.4) is 0 Å². The van der Waals surface area contributed by atoms with Gasteiger partial charge in [-0.05, 0) is 36.8 Å². The number of H-pyrrole nitrogens is 1. The van der Waals surface area contributed by atoms with Gasteiger partial charge in [-0.3, -0.25) is 9.67 Å². The first-order valence-electron chi connectivity index (χ1n) is 8.88. The van der Waals surface area contributed by atoms with Gasteiger partial charge in [-0.25, -0.2) is 9.97 Å². The molecule has 1 N–H and O–H groups in total. The van der Waals surface area contributed by atoms with Crippen molar-refractivity contribution in [2.75, 3.05) is 0 Å². The molecule has 29 heavy (non-hydrogen) atoms. The number of fused-ring (bicyclic) bond motifs is 2. The number of rotatable bonds is 2. The van der Waals surface area contributed by atoms with Crippen LogP contribution in [0, 0.1) is 6.92 Å². The Morgan fingerprint density at radius 2 is 1.76 bits per heavy atom. The van der Waals surface area contributed by atoms with Crippen LogP contribution in [0.1, 0.15) is 11.5 Å². The highest BCUT2D eigenvalue weighted by molar-refractivity contribution is 5.95. The van der Waals surface area contributed by atoms with Gasteiger partial charge in [0.2, 0.25) is 5.82 Å². The van der Waals surface area contributed by atoms with Crippen molar-refractivity contribution in [1.29, 1.82) is 0 Å². The van der Waals surface area contributed by atoms with Crippen molar-refractivity contribution in [2.24, 2.45) is 0 Å². The normalized spacial score (nSPS) is 12.1. The molecule has 5 rings (SSSR count). The molecule has 5 nitrogen and oxygen atoms in total. The maximum atomic E-state index is 13.8. The second kappa shape index (κ2) is 6.16. The van der Waals surface area contributed by atoms with Crippen LogP contribution in [0.2, 0.25) is 0 Å². The first kappa shape index (κ1) is 17.4. The Morgan fingerprint density at radius 1 is 0.966 bits per heavy atom. The van der Waals surface area contributed by atoms with Crippen molar-refractivity contribution in [2.45, 2.75) is 13.1 Å². The summed E-state index contributed by atoms with van der Waals surface area (Å²) in [4.78, 5) is 8.16. The van der Waals surface area contributed by atoms with E-state index < -0.39 is 12.0 Å². The highest BCUT2D eigenvalue weighted by Crippen LogP contribution is 2.36. The zero-order chi connectivity index (χ0) is 20.2. The van der Waals surface area contributed by atoms with Gasteiger partial charge in [-0.1, -0.05) is 30.3 Å². The number of hydrogen-bond acceptors (Lipinski definition) is 3. The van der Waals surface area contributed by atoms with Gasteiger partial charge in [0, 0.05) is 16.6 Å². The van der Waals surface area contributed by atoms with Gasteiger partial charge >= 0.3 is 6.18 Å². The Morgan fingerprint density at radius 3 is 2.52 bits per heavy atom. The number of alkyl halides is 3. The lowest BCUT2D eigenvalue weighted by molar-refractivity contribution is -0.145. The standard InChI is InChI=1S/C21H14F3N5/c1-12-7-8-17-19(26-12)29(20(27-17)21(22,23)24)15-9-14-11-25-28-18(14)16(10-15)13-5-3-2-4-6-13/h2-11H,1H3,(H,25,28). The maximum Gasteiger partial charge on any atom is 0.450 e. The van der Waals surface area contributed by atoms with Crippen molar-refractivity contribution in [3.8, 4) is 16.8 Å². The number of benzene rings is 2. The zero-order valence-electron chi connectivity index (χ0n) is 15.2.